The highest BCUT2D eigenvalue weighted by Crippen LogP contribution is 2.25. The van der Waals surface area contributed by atoms with E-state index in [0.717, 1.165) is 30.4 Å². The third-order valence-electron chi connectivity index (χ3n) is 4.51. The van der Waals surface area contributed by atoms with Gasteiger partial charge in [-0.25, -0.2) is 4.98 Å². The van der Waals surface area contributed by atoms with Gasteiger partial charge in [0.25, 0.3) is 5.56 Å². The zero-order valence-corrected chi connectivity index (χ0v) is 14.7. The van der Waals surface area contributed by atoms with Crippen molar-refractivity contribution < 1.29 is 0 Å². The van der Waals surface area contributed by atoms with Crippen LogP contribution >= 0.6 is 0 Å². The fourth-order valence-corrected chi connectivity index (χ4v) is 3.15. The van der Waals surface area contributed by atoms with E-state index in [4.69, 9.17) is 0 Å². The molecule has 1 atom stereocenters. The van der Waals surface area contributed by atoms with E-state index in [1.54, 1.807) is 6.07 Å². The molecule has 0 bridgehead atoms. The first kappa shape index (κ1) is 16.6. The number of aromatic amines is 1. The molecule has 0 amide bonds. The van der Waals surface area contributed by atoms with Crippen LogP contribution in [0, 0.1) is 5.92 Å². The molecule has 1 aromatic heterocycles. The highest BCUT2D eigenvalue weighted by Gasteiger charge is 2.16. The minimum absolute atomic E-state index is 0.130. The molecular formula is C19H26N4O. The quantitative estimate of drug-likeness (QED) is 0.895. The molecule has 2 N–H and O–H groups in total. The van der Waals surface area contributed by atoms with Gasteiger partial charge in [0.1, 0.15) is 0 Å². The second-order valence-corrected chi connectivity index (χ2v) is 7.04. The van der Waals surface area contributed by atoms with Crippen LogP contribution in [0.2, 0.25) is 0 Å². The van der Waals surface area contributed by atoms with Crippen molar-refractivity contribution in [2.45, 2.75) is 39.5 Å². The minimum atomic E-state index is -0.130. The third-order valence-corrected chi connectivity index (χ3v) is 4.51. The average Bonchev–Trinajstić information content (AvgIpc) is 2.55. The lowest BCUT2D eigenvalue weighted by Crippen LogP contribution is -2.34. The first-order valence-electron chi connectivity index (χ1n) is 8.74. The van der Waals surface area contributed by atoms with E-state index in [1.165, 1.54) is 18.5 Å². The standard InChI is InChI=1S/C19H26N4O/c1-13(2)17-11-18(24)22-19(21-17)20-15-6-8-16(9-7-15)23-10-4-5-14(3)12-23/h6-9,11,13-14H,4-5,10,12H2,1-3H3,(H2,20,21,22,24). The van der Waals surface area contributed by atoms with Gasteiger partial charge in [0, 0.05) is 30.5 Å². The Balaban J connectivity index is 1.73. The lowest BCUT2D eigenvalue weighted by molar-refractivity contribution is 0.447. The number of benzene rings is 1. The number of nitrogens with zero attached hydrogens (tertiary/aromatic N) is 2. The normalized spacial score (nSPS) is 18.0. The monoisotopic (exact) mass is 326 g/mol. The summed E-state index contributed by atoms with van der Waals surface area (Å²) >= 11 is 0. The molecule has 3 rings (SSSR count). The van der Waals surface area contributed by atoms with Crippen LogP contribution in [0.15, 0.2) is 35.1 Å². The van der Waals surface area contributed by atoms with Gasteiger partial charge in [0.2, 0.25) is 5.95 Å². The van der Waals surface area contributed by atoms with E-state index in [2.05, 4.69) is 39.2 Å². The van der Waals surface area contributed by atoms with Crippen LogP contribution in [-0.2, 0) is 0 Å². The molecule has 2 aromatic rings. The van der Waals surface area contributed by atoms with Crippen LogP contribution in [0.4, 0.5) is 17.3 Å². The van der Waals surface area contributed by atoms with E-state index in [9.17, 15) is 4.79 Å². The predicted molar refractivity (Wildman–Crippen MR) is 99.3 cm³/mol. The number of aromatic nitrogens is 2. The molecule has 128 valence electrons. The topological polar surface area (TPSA) is 61.0 Å². The first-order valence-corrected chi connectivity index (χ1v) is 8.74. The third kappa shape index (κ3) is 3.96. The van der Waals surface area contributed by atoms with Crippen molar-refractivity contribution >= 4 is 17.3 Å². The van der Waals surface area contributed by atoms with Crippen LogP contribution < -0.4 is 15.8 Å². The Morgan fingerprint density at radius 3 is 2.71 bits per heavy atom. The molecule has 24 heavy (non-hydrogen) atoms. The van der Waals surface area contributed by atoms with Gasteiger partial charge in [0.15, 0.2) is 0 Å². The van der Waals surface area contributed by atoms with Crippen molar-refractivity contribution in [1.82, 2.24) is 9.97 Å². The Hall–Kier alpha value is -2.30. The van der Waals surface area contributed by atoms with Gasteiger partial charge in [-0.1, -0.05) is 20.8 Å². The zero-order chi connectivity index (χ0) is 17.1. The van der Waals surface area contributed by atoms with E-state index >= 15 is 0 Å². The molecule has 0 saturated carbocycles. The Kier molecular flexibility index (Phi) is 4.88. The highest BCUT2D eigenvalue weighted by atomic mass is 16.1. The molecule has 5 heteroatoms. The van der Waals surface area contributed by atoms with Crippen molar-refractivity contribution in [3.05, 3.63) is 46.4 Å². The number of hydrogen-bond donors (Lipinski definition) is 2. The van der Waals surface area contributed by atoms with Crippen LogP contribution in [0.5, 0.6) is 0 Å². The van der Waals surface area contributed by atoms with Crippen molar-refractivity contribution in [3.8, 4) is 0 Å². The maximum absolute atomic E-state index is 11.8. The Bertz CT molecular complexity index is 736. The molecule has 5 nitrogen and oxygen atoms in total. The highest BCUT2D eigenvalue weighted by molar-refractivity contribution is 5.59. The van der Waals surface area contributed by atoms with Gasteiger partial charge in [-0.05, 0) is 48.9 Å². The van der Waals surface area contributed by atoms with Crippen LogP contribution in [0.1, 0.15) is 45.2 Å². The summed E-state index contributed by atoms with van der Waals surface area (Å²) in [6.45, 7) is 8.62. The summed E-state index contributed by atoms with van der Waals surface area (Å²) in [5.41, 5.74) is 2.84. The summed E-state index contributed by atoms with van der Waals surface area (Å²) in [6, 6.07) is 9.89. The van der Waals surface area contributed by atoms with Gasteiger partial charge in [-0.15, -0.1) is 0 Å². The van der Waals surface area contributed by atoms with Gasteiger partial charge in [-0.3, -0.25) is 9.78 Å². The van der Waals surface area contributed by atoms with Crippen molar-refractivity contribution in [3.63, 3.8) is 0 Å². The maximum atomic E-state index is 11.8. The molecule has 1 unspecified atom stereocenters. The lowest BCUT2D eigenvalue weighted by atomic mass is 10.00. The van der Waals surface area contributed by atoms with Crippen LogP contribution in [-0.4, -0.2) is 23.1 Å². The Labute approximate surface area is 143 Å². The lowest BCUT2D eigenvalue weighted by Gasteiger charge is -2.32. The molecule has 0 radical (unpaired) electrons. The van der Waals surface area contributed by atoms with Crippen LogP contribution in [0.25, 0.3) is 0 Å². The maximum Gasteiger partial charge on any atom is 0.252 e. The molecule has 1 saturated heterocycles. The molecule has 1 aromatic carbocycles. The zero-order valence-electron chi connectivity index (χ0n) is 14.7. The molecule has 2 heterocycles. The van der Waals surface area contributed by atoms with Crippen molar-refractivity contribution in [2.24, 2.45) is 5.92 Å². The number of rotatable bonds is 4. The molecule has 0 spiro atoms. The Morgan fingerprint density at radius 1 is 1.29 bits per heavy atom. The van der Waals surface area contributed by atoms with Gasteiger partial charge in [0.05, 0.1) is 5.69 Å². The van der Waals surface area contributed by atoms with Crippen molar-refractivity contribution in [1.29, 1.82) is 0 Å². The number of hydrogen-bond acceptors (Lipinski definition) is 4. The number of H-pyrrole nitrogens is 1. The van der Waals surface area contributed by atoms with Gasteiger partial charge in [-0.2, -0.15) is 0 Å². The second kappa shape index (κ2) is 7.07. The molecule has 1 fully saturated rings. The fraction of sp³-hybridized carbons (Fsp3) is 0.474. The summed E-state index contributed by atoms with van der Waals surface area (Å²) < 4.78 is 0. The van der Waals surface area contributed by atoms with Crippen molar-refractivity contribution in [2.75, 3.05) is 23.3 Å². The number of anilines is 3. The predicted octanol–water partition coefficient (Wildman–Crippen LogP) is 3.87. The first-order chi connectivity index (χ1) is 11.5. The SMILES string of the molecule is CC1CCCN(c2ccc(Nc3nc(C(C)C)cc(=O)[nH]3)cc2)C1. The van der Waals surface area contributed by atoms with E-state index < -0.39 is 0 Å². The second-order valence-electron chi connectivity index (χ2n) is 7.04. The smallest absolute Gasteiger partial charge is 0.252 e. The summed E-state index contributed by atoms with van der Waals surface area (Å²) in [5.74, 6) is 1.46. The van der Waals surface area contributed by atoms with E-state index in [0.29, 0.717) is 5.95 Å². The number of piperidine rings is 1. The molecule has 0 aliphatic carbocycles. The number of nitrogens with one attached hydrogen (secondary N) is 2. The van der Waals surface area contributed by atoms with Gasteiger partial charge >= 0.3 is 0 Å². The van der Waals surface area contributed by atoms with E-state index in [-0.39, 0.29) is 11.5 Å². The summed E-state index contributed by atoms with van der Waals surface area (Å²) in [5, 5.41) is 3.19. The summed E-state index contributed by atoms with van der Waals surface area (Å²) in [6.07, 6.45) is 2.58. The average molecular weight is 326 g/mol. The molecule has 1 aliphatic rings. The molecular weight excluding hydrogens is 300 g/mol. The summed E-state index contributed by atoms with van der Waals surface area (Å²) in [4.78, 5) is 21.4. The summed E-state index contributed by atoms with van der Waals surface area (Å²) in [7, 11) is 0. The van der Waals surface area contributed by atoms with E-state index in [1.807, 2.05) is 26.0 Å². The fourth-order valence-electron chi connectivity index (χ4n) is 3.15. The molecule has 1 aliphatic heterocycles. The largest absolute Gasteiger partial charge is 0.371 e. The van der Waals surface area contributed by atoms with Crippen LogP contribution in [0.3, 0.4) is 0 Å². The Morgan fingerprint density at radius 2 is 2.04 bits per heavy atom. The minimum Gasteiger partial charge on any atom is -0.371 e. The van der Waals surface area contributed by atoms with Gasteiger partial charge < -0.3 is 10.2 Å².